The number of fused-ring (bicyclic) bond motifs is 1. The lowest BCUT2D eigenvalue weighted by Crippen LogP contribution is -2.66. The second-order valence-corrected chi connectivity index (χ2v) is 11.3. The zero-order chi connectivity index (χ0) is 27.5. The largest absolute Gasteiger partial charge is 0.447 e. The summed E-state index contributed by atoms with van der Waals surface area (Å²) >= 11 is 12.2. The van der Waals surface area contributed by atoms with E-state index in [-0.39, 0.29) is 38.4 Å². The van der Waals surface area contributed by atoms with Crippen LogP contribution in [0.5, 0.6) is 0 Å². The lowest BCUT2D eigenvalue weighted by molar-refractivity contribution is -0.142. The minimum atomic E-state index is -1.20. The Morgan fingerprint density at radius 2 is 1.82 bits per heavy atom. The lowest BCUT2D eigenvalue weighted by atomic mass is 9.88. The normalized spacial score (nSPS) is 20.1. The number of nitrogens with one attached hydrogen (secondary N) is 1. The predicted octanol–water partition coefficient (Wildman–Crippen LogP) is 3.01. The molecule has 38 heavy (non-hydrogen) atoms. The van der Waals surface area contributed by atoms with E-state index in [1.165, 1.54) is 0 Å². The van der Waals surface area contributed by atoms with Crippen molar-refractivity contribution in [2.45, 2.75) is 44.0 Å². The number of hydrogen-bond donors (Lipinski definition) is 2. The number of cyclic esters (lactones) is 1. The maximum atomic E-state index is 13.8. The van der Waals surface area contributed by atoms with Crippen LogP contribution in [0.4, 0.5) is 4.79 Å². The number of nitrogens with zero attached hydrogens (tertiary/aromatic N) is 2. The molecule has 2 saturated heterocycles. The summed E-state index contributed by atoms with van der Waals surface area (Å²) in [6.45, 7) is 4.22. The SMILES string of the molecule is CC(C)(N)C(=O)N[C@H](COCc1cc(Cl)cc(Cl)c1)C(=O)N1CCN2C(=O)OCC2(Cc2ccccc2)C1. The highest BCUT2D eigenvalue weighted by molar-refractivity contribution is 6.34. The van der Waals surface area contributed by atoms with Gasteiger partial charge in [0, 0.05) is 36.1 Å². The van der Waals surface area contributed by atoms with Gasteiger partial charge in [-0.25, -0.2) is 4.79 Å². The summed E-state index contributed by atoms with van der Waals surface area (Å²) in [6, 6.07) is 13.8. The molecule has 9 nitrogen and oxygen atoms in total. The number of piperazine rings is 1. The third kappa shape index (κ3) is 6.58. The average molecular weight is 563 g/mol. The van der Waals surface area contributed by atoms with Crippen molar-refractivity contribution in [2.24, 2.45) is 5.73 Å². The molecule has 204 valence electrons. The number of benzene rings is 2. The van der Waals surface area contributed by atoms with Gasteiger partial charge in [0.25, 0.3) is 0 Å². The number of carbonyl (C=O) groups is 3. The molecule has 0 spiro atoms. The Bertz CT molecular complexity index is 1170. The van der Waals surface area contributed by atoms with Gasteiger partial charge in [-0.2, -0.15) is 0 Å². The molecule has 2 atom stereocenters. The zero-order valence-corrected chi connectivity index (χ0v) is 22.9. The molecule has 2 aliphatic heterocycles. The van der Waals surface area contributed by atoms with Gasteiger partial charge in [-0.3, -0.25) is 14.5 Å². The number of amides is 3. The Morgan fingerprint density at radius 3 is 2.47 bits per heavy atom. The first-order valence-electron chi connectivity index (χ1n) is 12.4. The van der Waals surface area contributed by atoms with Crippen molar-refractivity contribution in [2.75, 3.05) is 32.8 Å². The molecule has 0 aliphatic carbocycles. The molecule has 0 radical (unpaired) electrons. The molecule has 1 unspecified atom stereocenters. The third-order valence-corrected chi connectivity index (χ3v) is 7.12. The molecular formula is C27H32Cl2N4O5. The van der Waals surface area contributed by atoms with Crippen LogP contribution in [0.2, 0.25) is 10.0 Å². The van der Waals surface area contributed by atoms with Crippen LogP contribution in [0.15, 0.2) is 48.5 Å². The summed E-state index contributed by atoms with van der Waals surface area (Å²) in [5.74, 6) is -0.805. The fourth-order valence-corrected chi connectivity index (χ4v) is 5.33. The molecule has 2 heterocycles. The van der Waals surface area contributed by atoms with Gasteiger partial charge < -0.3 is 25.4 Å². The fourth-order valence-electron chi connectivity index (χ4n) is 4.75. The van der Waals surface area contributed by atoms with Gasteiger partial charge in [-0.1, -0.05) is 53.5 Å². The van der Waals surface area contributed by atoms with Gasteiger partial charge in [0.05, 0.1) is 18.8 Å². The number of hydrogen-bond acceptors (Lipinski definition) is 6. The molecular weight excluding hydrogens is 531 g/mol. The van der Waals surface area contributed by atoms with Crippen LogP contribution >= 0.6 is 23.2 Å². The Labute approximate surface area is 232 Å². The minimum Gasteiger partial charge on any atom is -0.447 e. The lowest BCUT2D eigenvalue weighted by Gasteiger charge is -2.45. The third-order valence-electron chi connectivity index (χ3n) is 6.69. The van der Waals surface area contributed by atoms with E-state index in [1.807, 2.05) is 30.3 Å². The smallest absolute Gasteiger partial charge is 0.410 e. The molecule has 2 aromatic rings. The number of halogens is 2. The molecule has 0 aromatic heterocycles. The van der Waals surface area contributed by atoms with E-state index in [1.54, 1.807) is 41.8 Å². The van der Waals surface area contributed by atoms with E-state index in [2.05, 4.69) is 5.32 Å². The van der Waals surface area contributed by atoms with E-state index in [4.69, 9.17) is 38.4 Å². The van der Waals surface area contributed by atoms with E-state index >= 15 is 0 Å². The van der Waals surface area contributed by atoms with Crippen LogP contribution < -0.4 is 11.1 Å². The van der Waals surface area contributed by atoms with Crippen LogP contribution in [0.1, 0.15) is 25.0 Å². The molecule has 4 rings (SSSR count). The molecule has 11 heteroatoms. The van der Waals surface area contributed by atoms with Crippen LogP contribution in [0.3, 0.4) is 0 Å². The monoisotopic (exact) mass is 562 g/mol. The van der Waals surface area contributed by atoms with Crippen molar-refractivity contribution in [3.8, 4) is 0 Å². The first-order chi connectivity index (χ1) is 18.0. The molecule has 0 saturated carbocycles. The summed E-state index contributed by atoms with van der Waals surface area (Å²) in [4.78, 5) is 42.4. The highest BCUT2D eigenvalue weighted by atomic mass is 35.5. The maximum Gasteiger partial charge on any atom is 0.410 e. The molecule has 2 aromatic carbocycles. The second kappa shape index (κ2) is 11.5. The molecule has 3 amide bonds. The molecule has 2 aliphatic rings. The summed E-state index contributed by atoms with van der Waals surface area (Å²) in [5.41, 5.74) is 5.85. The van der Waals surface area contributed by atoms with Crippen LogP contribution in [-0.2, 0) is 32.1 Å². The Balaban J connectivity index is 1.51. The van der Waals surface area contributed by atoms with Crippen LogP contribution in [0.25, 0.3) is 0 Å². The number of rotatable bonds is 9. The van der Waals surface area contributed by atoms with Crippen molar-refractivity contribution in [3.63, 3.8) is 0 Å². The van der Waals surface area contributed by atoms with Gasteiger partial charge >= 0.3 is 6.09 Å². The Morgan fingerprint density at radius 1 is 1.13 bits per heavy atom. The van der Waals surface area contributed by atoms with Gasteiger partial charge in [-0.05, 0) is 43.2 Å². The Hall–Kier alpha value is -2.85. The first-order valence-corrected chi connectivity index (χ1v) is 13.1. The standard InChI is InChI=1S/C27H32Cl2N4O5/c1-26(2,30)24(35)31-22(15-37-14-19-10-20(28)12-21(29)11-19)23(34)32-8-9-33-25(36)38-17-27(33,16-32)13-18-6-4-3-5-7-18/h3-7,10-12,22H,8-9,13-17,30H2,1-2H3,(H,31,35)/t22-,27?/m1/s1. The van der Waals surface area contributed by atoms with Crippen LogP contribution in [-0.4, -0.2) is 77.7 Å². The van der Waals surface area contributed by atoms with E-state index < -0.39 is 23.0 Å². The topological polar surface area (TPSA) is 114 Å². The van der Waals surface area contributed by atoms with Gasteiger partial charge in [-0.15, -0.1) is 0 Å². The predicted molar refractivity (Wildman–Crippen MR) is 144 cm³/mol. The van der Waals surface area contributed by atoms with Crippen molar-refractivity contribution < 1.29 is 23.9 Å². The number of nitrogens with two attached hydrogens (primary N) is 1. The van der Waals surface area contributed by atoms with Crippen molar-refractivity contribution in [3.05, 3.63) is 69.7 Å². The van der Waals surface area contributed by atoms with Crippen molar-refractivity contribution in [1.29, 1.82) is 0 Å². The number of carbonyl (C=O) groups excluding carboxylic acids is 3. The van der Waals surface area contributed by atoms with Gasteiger partial charge in [0.1, 0.15) is 18.2 Å². The maximum absolute atomic E-state index is 13.8. The number of ether oxygens (including phenoxy) is 2. The average Bonchev–Trinajstić information content (AvgIpc) is 3.17. The molecule has 3 N–H and O–H groups in total. The minimum absolute atomic E-state index is 0.0912. The highest BCUT2D eigenvalue weighted by Gasteiger charge is 2.52. The molecule has 0 bridgehead atoms. The summed E-state index contributed by atoms with van der Waals surface area (Å²) in [5, 5.41) is 3.69. The van der Waals surface area contributed by atoms with Crippen LogP contribution in [0, 0.1) is 0 Å². The summed E-state index contributed by atoms with van der Waals surface area (Å²) in [7, 11) is 0. The summed E-state index contributed by atoms with van der Waals surface area (Å²) in [6.07, 6.45) is 0.147. The van der Waals surface area contributed by atoms with Gasteiger partial charge in [0.15, 0.2) is 0 Å². The Kier molecular flexibility index (Phi) is 8.52. The van der Waals surface area contributed by atoms with E-state index in [0.29, 0.717) is 29.6 Å². The van der Waals surface area contributed by atoms with Crippen molar-refractivity contribution in [1.82, 2.24) is 15.1 Å². The highest BCUT2D eigenvalue weighted by Crippen LogP contribution is 2.32. The fraction of sp³-hybridized carbons (Fsp3) is 0.444. The zero-order valence-electron chi connectivity index (χ0n) is 21.4. The summed E-state index contributed by atoms with van der Waals surface area (Å²) < 4.78 is 11.3. The second-order valence-electron chi connectivity index (χ2n) is 10.4. The molecule has 2 fully saturated rings. The van der Waals surface area contributed by atoms with E-state index in [0.717, 1.165) is 11.1 Å². The van der Waals surface area contributed by atoms with E-state index in [9.17, 15) is 14.4 Å². The quantitative estimate of drug-likeness (QED) is 0.485. The first kappa shape index (κ1) is 28.2. The van der Waals surface area contributed by atoms with Gasteiger partial charge in [0.2, 0.25) is 11.8 Å². The van der Waals surface area contributed by atoms with Crippen molar-refractivity contribution >= 4 is 41.1 Å².